The molecule has 0 aliphatic rings. The summed E-state index contributed by atoms with van der Waals surface area (Å²) in [5, 5.41) is 12.1. The topological polar surface area (TPSA) is 35.8 Å². The molecule has 20 heavy (non-hydrogen) atoms. The van der Waals surface area contributed by atoms with E-state index in [1.54, 1.807) is 30.3 Å². The van der Waals surface area contributed by atoms with Gasteiger partial charge in [0.05, 0.1) is 11.6 Å². The summed E-state index contributed by atoms with van der Waals surface area (Å²) >= 11 is 0. The normalized spacial score (nSPS) is 10.2. The second kappa shape index (κ2) is 6.83. The zero-order valence-corrected chi connectivity index (χ0v) is 11.5. The summed E-state index contributed by atoms with van der Waals surface area (Å²) in [4.78, 5) is 0. The molecular weight excluding hydrogens is 251 g/mol. The van der Waals surface area contributed by atoms with Gasteiger partial charge in [0.25, 0.3) is 0 Å². The van der Waals surface area contributed by atoms with Gasteiger partial charge in [-0.25, -0.2) is 4.39 Å². The summed E-state index contributed by atoms with van der Waals surface area (Å²) in [6.45, 7) is 3.69. The van der Waals surface area contributed by atoms with E-state index in [9.17, 15) is 4.39 Å². The molecule has 0 saturated carbocycles. The summed E-state index contributed by atoms with van der Waals surface area (Å²) in [7, 11) is 0. The van der Waals surface area contributed by atoms with Gasteiger partial charge in [0, 0.05) is 12.1 Å². The first-order valence-electron chi connectivity index (χ1n) is 6.74. The van der Waals surface area contributed by atoms with Gasteiger partial charge < -0.3 is 5.32 Å². The van der Waals surface area contributed by atoms with Gasteiger partial charge in [-0.2, -0.15) is 5.26 Å². The third kappa shape index (κ3) is 3.43. The lowest BCUT2D eigenvalue weighted by Gasteiger charge is -2.08. The van der Waals surface area contributed by atoms with E-state index in [1.807, 2.05) is 12.1 Å². The van der Waals surface area contributed by atoms with Gasteiger partial charge in [-0.15, -0.1) is 0 Å². The minimum absolute atomic E-state index is 0.254. The molecule has 0 spiro atoms. The highest BCUT2D eigenvalue weighted by molar-refractivity contribution is 5.66. The molecule has 0 unspecified atom stereocenters. The molecule has 1 N–H and O–H groups in total. The maximum atomic E-state index is 14.2. The van der Waals surface area contributed by atoms with Gasteiger partial charge in [0.1, 0.15) is 5.82 Å². The standard InChI is InChI=1S/C17H17FN2/c1-2-8-20-12-14-6-7-16(17(18)10-14)15-5-3-4-13(9-15)11-19/h3-7,9-10,20H,2,8,12H2,1H3. The Kier molecular flexibility index (Phi) is 4.86. The Morgan fingerprint density at radius 1 is 1.20 bits per heavy atom. The van der Waals surface area contributed by atoms with Crippen LogP contribution in [0.15, 0.2) is 42.5 Å². The first kappa shape index (κ1) is 14.2. The molecule has 0 atom stereocenters. The summed E-state index contributed by atoms with van der Waals surface area (Å²) in [5.74, 6) is -0.254. The minimum Gasteiger partial charge on any atom is -0.313 e. The average Bonchev–Trinajstić information content (AvgIpc) is 2.48. The number of benzene rings is 2. The van der Waals surface area contributed by atoms with Gasteiger partial charge in [0.2, 0.25) is 0 Å². The van der Waals surface area contributed by atoms with Crippen molar-refractivity contribution in [2.75, 3.05) is 6.54 Å². The van der Waals surface area contributed by atoms with Crippen LogP contribution in [0.2, 0.25) is 0 Å². The zero-order chi connectivity index (χ0) is 14.4. The van der Waals surface area contributed by atoms with Gasteiger partial charge in [-0.05, 0) is 42.3 Å². The summed E-state index contributed by atoms with van der Waals surface area (Å²) < 4.78 is 14.2. The molecule has 0 heterocycles. The van der Waals surface area contributed by atoms with Crippen LogP contribution in [-0.2, 0) is 6.54 Å². The maximum absolute atomic E-state index is 14.2. The SMILES string of the molecule is CCCNCc1ccc(-c2cccc(C#N)c2)c(F)c1. The van der Waals surface area contributed by atoms with Gasteiger partial charge in [0.15, 0.2) is 0 Å². The fourth-order valence-corrected chi connectivity index (χ4v) is 2.07. The second-order valence-corrected chi connectivity index (χ2v) is 4.68. The van der Waals surface area contributed by atoms with Crippen LogP contribution >= 0.6 is 0 Å². The minimum atomic E-state index is -0.254. The lowest BCUT2D eigenvalue weighted by Crippen LogP contribution is -2.13. The molecular formula is C17H17FN2. The Hall–Kier alpha value is -2.18. The van der Waals surface area contributed by atoms with Crippen LogP contribution in [0.4, 0.5) is 4.39 Å². The fraction of sp³-hybridized carbons (Fsp3) is 0.235. The molecule has 0 fully saturated rings. The van der Waals surface area contributed by atoms with E-state index in [2.05, 4.69) is 18.3 Å². The van der Waals surface area contributed by atoms with Crippen molar-refractivity contribution in [1.82, 2.24) is 5.32 Å². The van der Waals surface area contributed by atoms with Crippen molar-refractivity contribution in [1.29, 1.82) is 5.26 Å². The predicted molar refractivity (Wildman–Crippen MR) is 78.5 cm³/mol. The van der Waals surface area contributed by atoms with Crippen LogP contribution in [0.5, 0.6) is 0 Å². The van der Waals surface area contributed by atoms with Crippen molar-refractivity contribution in [3.05, 3.63) is 59.4 Å². The predicted octanol–water partition coefficient (Wildman–Crippen LogP) is 3.86. The first-order valence-corrected chi connectivity index (χ1v) is 6.74. The number of hydrogen-bond donors (Lipinski definition) is 1. The number of nitriles is 1. The largest absolute Gasteiger partial charge is 0.313 e. The van der Waals surface area contributed by atoms with Crippen molar-refractivity contribution in [2.24, 2.45) is 0 Å². The van der Waals surface area contributed by atoms with E-state index in [1.165, 1.54) is 0 Å². The number of halogens is 1. The molecule has 0 bridgehead atoms. The number of hydrogen-bond acceptors (Lipinski definition) is 2. The molecule has 102 valence electrons. The highest BCUT2D eigenvalue weighted by Crippen LogP contribution is 2.24. The molecule has 0 radical (unpaired) electrons. The maximum Gasteiger partial charge on any atom is 0.131 e. The third-order valence-corrected chi connectivity index (χ3v) is 3.09. The van der Waals surface area contributed by atoms with Crippen LogP contribution < -0.4 is 5.32 Å². The monoisotopic (exact) mass is 268 g/mol. The van der Waals surface area contributed by atoms with Gasteiger partial charge >= 0.3 is 0 Å². The second-order valence-electron chi connectivity index (χ2n) is 4.68. The highest BCUT2D eigenvalue weighted by atomic mass is 19.1. The molecule has 3 heteroatoms. The molecule has 2 rings (SSSR count). The molecule has 2 aromatic carbocycles. The third-order valence-electron chi connectivity index (χ3n) is 3.09. The van der Waals surface area contributed by atoms with E-state index >= 15 is 0 Å². The summed E-state index contributed by atoms with van der Waals surface area (Å²) in [5.41, 5.74) is 2.72. The number of nitrogens with one attached hydrogen (secondary N) is 1. The zero-order valence-electron chi connectivity index (χ0n) is 11.5. The van der Waals surface area contributed by atoms with Crippen LogP contribution in [0.1, 0.15) is 24.5 Å². The molecule has 0 aromatic heterocycles. The lowest BCUT2D eigenvalue weighted by molar-refractivity contribution is 0.622. The molecule has 2 nitrogen and oxygen atoms in total. The Bertz CT molecular complexity index is 629. The lowest BCUT2D eigenvalue weighted by atomic mass is 10.0. The van der Waals surface area contributed by atoms with Crippen molar-refractivity contribution >= 4 is 0 Å². The number of nitrogens with zero attached hydrogens (tertiary/aromatic N) is 1. The van der Waals surface area contributed by atoms with E-state index < -0.39 is 0 Å². The molecule has 0 aliphatic carbocycles. The van der Waals surface area contributed by atoms with E-state index in [0.29, 0.717) is 17.7 Å². The Morgan fingerprint density at radius 3 is 2.75 bits per heavy atom. The van der Waals surface area contributed by atoms with Crippen LogP contribution in [0.3, 0.4) is 0 Å². The van der Waals surface area contributed by atoms with Crippen LogP contribution in [0, 0.1) is 17.1 Å². The fourth-order valence-electron chi connectivity index (χ4n) is 2.07. The number of rotatable bonds is 5. The molecule has 2 aromatic rings. The first-order chi connectivity index (χ1) is 9.74. The molecule has 0 aliphatic heterocycles. The Labute approximate surface area is 118 Å². The average molecular weight is 268 g/mol. The van der Waals surface area contributed by atoms with E-state index in [-0.39, 0.29) is 5.82 Å². The quantitative estimate of drug-likeness (QED) is 0.836. The highest BCUT2D eigenvalue weighted by Gasteiger charge is 2.06. The summed E-state index contributed by atoms with van der Waals surface area (Å²) in [6, 6.07) is 14.3. The molecule has 0 saturated heterocycles. The van der Waals surface area contributed by atoms with E-state index in [4.69, 9.17) is 5.26 Å². The van der Waals surface area contributed by atoms with Crippen LogP contribution in [0.25, 0.3) is 11.1 Å². The van der Waals surface area contributed by atoms with Crippen molar-refractivity contribution in [3.63, 3.8) is 0 Å². The smallest absolute Gasteiger partial charge is 0.131 e. The van der Waals surface area contributed by atoms with Gasteiger partial charge in [-0.1, -0.05) is 31.2 Å². The molecule has 0 amide bonds. The van der Waals surface area contributed by atoms with E-state index in [0.717, 1.165) is 24.1 Å². The summed E-state index contributed by atoms with van der Waals surface area (Å²) in [6.07, 6.45) is 1.06. The van der Waals surface area contributed by atoms with Crippen LogP contribution in [-0.4, -0.2) is 6.54 Å². The van der Waals surface area contributed by atoms with Crippen molar-refractivity contribution in [3.8, 4) is 17.2 Å². The van der Waals surface area contributed by atoms with Gasteiger partial charge in [-0.3, -0.25) is 0 Å². The Balaban J connectivity index is 2.23. The Morgan fingerprint density at radius 2 is 2.05 bits per heavy atom. The van der Waals surface area contributed by atoms with Crippen molar-refractivity contribution in [2.45, 2.75) is 19.9 Å². The van der Waals surface area contributed by atoms with Crippen molar-refractivity contribution < 1.29 is 4.39 Å².